The molecule has 3 aromatic rings. The van der Waals surface area contributed by atoms with E-state index in [-0.39, 0.29) is 5.56 Å². The molecule has 1 atom stereocenters. The number of hydrogen-bond donors (Lipinski definition) is 1. The highest BCUT2D eigenvalue weighted by Crippen LogP contribution is 2.23. The molecule has 0 aliphatic carbocycles. The molecule has 2 aromatic heterocycles. The van der Waals surface area contributed by atoms with Gasteiger partial charge in [0.15, 0.2) is 0 Å². The Morgan fingerprint density at radius 1 is 1.13 bits per heavy atom. The molecule has 3 heterocycles. The first kappa shape index (κ1) is 21.2. The Morgan fingerprint density at radius 3 is 2.50 bits per heavy atom. The van der Waals surface area contributed by atoms with Crippen molar-refractivity contribution in [3.8, 4) is 0 Å². The van der Waals surface area contributed by atoms with Gasteiger partial charge in [0.05, 0.1) is 17.0 Å². The number of nitrogens with zero attached hydrogens (tertiary/aromatic N) is 3. The third-order valence-corrected chi connectivity index (χ3v) is 8.58. The van der Waals surface area contributed by atoms with Gasteiger partial charge in [-0.3, -0.25) is 9.69 Å². The number of aromatic amines is 1. The minimum Gasteiger partial charge on any atom is -0.308 e. The molecule has 0 saturated carbocycles. The molecule has 1 saturated heterocycles. The van der Waals surface area contributed by atoms with E-state index in [2.05, 4.69) is 28.7 Å². The number of nitrogens with one attached hydrogen (secondary N) is 1. The maximum absolute atomic E-state index is 13.0. The normalized spacial score (nSPS) is 17.4. The van der Waals surface area contributed by atoms with E-state index in [1.54, 1.807) is 16.4 Å². The molecular weight excluding hydrogens is 420 g/mol. The summed E-state index contributed by atoms with van der Waals surface area (Å²) >= 11 is 1.38. The van der Waals surface area contributed by atoms with Gasteiger partial charge in [-0.1, -0.05) is 26.0 Å². The molecule has 7 nitrogen and oxygen atoms in total. The molecule has 0 radical (unpaired) electrons. The molecule has 1 aromatic carbocycles. The lowest BCUT2D eigenvalue weighted by Crippen LogP contribution is -2.48. The molecule has 30 heavy (non-hydrogen) atoms. The zero-order valence-corrected chi connectivity index (χ0v) is 18.8. The summed E-state index contributed by atoms with van der Waals surface area (Å²) in [6, 6.07) is 9.11. The molecule has 1 N–H and O–H groups in total. The summed E-state index contributed by atoms with van der Waals surface area (Å²) in [6.45, 7) is 6.78. The number of benzene rings is 1. The first-order valence-electron chi connectivity index (χ1n) is 10.2. The van der Waals surface area contributed by atoms with E-state index >= 15 is 0 Å². The first-order valence-corrected chi connectivity index (χ1v) is 12.5. The van der Waals surface area contributed by atoms with Crippen molar-refractivity contribution in [2.45, 2.75) is 37.6 Å². The van der Waals surface area contributed by atoms with Gasteiger partial charge < -0.3 is 4.98 Å². The molecule has 160 valence electrons. The Hall–Kier alpha value is -2.07. The molecule has 0 spiro atoms. The van der Waals surface area contributed by atoms with Crippen molar-refractivity contribution in [2.75, 3.05) is 26.2 Å². The lowest BCUT2D eigenvalue weighted by molar-refractivity contribution is 0.178. The number of thiophene rings is 1. The molecule has 1 aliphatic rings. The number of rotatable bonds is 6. The molecule has 1 unspecified atom stereocenters. The third-order valence-electron chi connectivity index (χ3n) is 5.77. The zero-order chi connectivity index (χ0) is 21.3. The number of H-pyrrole nitrogens is 1. The van der Waals surface area contributed by atoms with Crippen molar-refractivity contribution in [3.05, 3.63) is 57.5 Å². The maximum Gasteiger partial charge on any atom is 0.268 e. The average molecular weight is 447 g/mol. The Balaban J connectivity index is 1.41. The van der Waals surface area contributed by atoms with E-state index in [1.165, 1.54) is 11.3 Å². The zero-order valence-electron chi connectivity index (χ0n) is 17.2. The summed E-state index contributed by atoms with van der Waals surface area (Å²) in [7, 11) is -3.50. The van der Waals surface area contributed by atoms with Crippen LogP contribution in [-0.4, -0.2) is 53.8 Å². The van der Waals surface area contributed by atoms with Crippen molar-refractivity contribution in [1.82, 2.24) is 19.2 Å². The van der Waals surface area contributed by atoms with Crippen molar-refractivity contribution < 1.29 is 8.42 Å². The molecule has 0 amide bonds. The van der Waals surface area contributed by atoms with Crippen LogP contribution in [0.2, 0.25) is 0 Å². The Morgan fingerprint density at radius 2 is 1.83 bits per heavy atom. The van der Waals surface area contributed by atoms with Crippen molar-refractivity contribution in [2.24, 2.45) is 0 Å². The van der Waals surface area contributed by atoms with E-state index < -0.39 is 10.0 Å². The first-order chi connectivity index (χ1) is 14.4. The number of piperazine rings is 1. The van der Waals surface area contributed by atoms with Gasteiger partial charge in [-0.2, -0.15) is 4.31 Å². The summed E-state index contributed by atoms with van der Waals surface area (Å²) in [5, 5.41) is 1.86. The lowest BCUT2D eigenvalue weighted by Gasteiger charge is -2.33. The fourth-order valence-electron chi connectivity index (χ4n) is 3.69. The summed E-state index contributed by atoms with van der Waals surface area (Å²) in [5.41, 5.74) is 1.75. The summed E-state index contributed by atoms with van der Waals surface area (Å²) in [5.74, 6) is 1.03. The second-order valence-electron chi connectivity index (χ2n) is 7.71. The van der Waals surface area contributed by atoms with Crippen molar-refractivity contribution in [3.63, 3.8) is 0 Å². The maximum atomic E-state index is 13.0. The van der Waals surface area contributed by atoms with Crippen LogP contribution in [0.15, 0.2) is 45.4 Å². The number of hydrogen-bond acceptors (Lipinski definition) is 6. The van der Waals surface area contributed by atoms with Gasteiger partial charge in [0.2, 0.25) is 10.0 Å². The molecule has 4 rings (SSSR count). The van der Waals surface area contributed by atoms with Crippen LogP contribution >= 0.6 is 11.3 Å². The minimum absolute atomic E-state index is 0.118. The lowest BCUT2D eigenvalue weighted by atomic mass is 9.99. The summed E-state index contributed by atoms with van der Waals surface area (Å²) in [6.07, 6.45) is 1.02. The third kappa shape index (κ3) is 4.20. The Bertz CT molecular complexity index is 1180. The van der Waals surface area contributed by atoms with Crippen LogP contribution in [0.5, 0.6) is 0 Å². The van der Waals surface area contributed by atoms with Crippen LogP contribution in [0, 0.1) is 0 Å². The van der Waals surface area contributed by atoms with Gasteiger partial charge in [-0.25, -0.2) is 13.4 Å². The highest BCUT2D eigenvalue weighted by molar-refractivity contribution is 7.89. The van der Waals surface area contributed by atoms with Crippen LogP contribution in [0.1, 0.15) is 37.6 Å². The standard InChI is InChI=1S/C21H26N4O3S2/c1-3-15(2)16-4-6-17(7-5-16)30(27,28)25-11-9-24(10-12-25)14-19-22-18-8-13-29-20(18)21(26)23-19/h4-8,13,15H,3,9-12,14H2,1-2H3,(H,22,23,26). The largest absolute Gasteiger partial charge is 0.308 e. The van der Waals surface area contributed by atoms with Gasteiger partial charge in [0.1, 0.15) is 10.5 Å². The highest BCUT2D eigenvalue weighted by Gasteiger charge is 2.28. The summed E-state index contributed by atoms with van der Waals surface area (Å²) < 4.78 is 28.2. The predicted octanol–water partition coefficient (Wildman–Crippen LogP) is 3.00. The fraction of sp³-hybridized carbons (Fsp3) is 0.429. The van der Waals surface area contributed by atoms with Crippen LogP contribution in [-0.2, 0) is 16.6 Å². The van der Waals surface area contributed by atoms with E-state index in [9.17, 15) is 13.2 Å². The molecule has 0 bridgehead atoms. The quantitative estimate of drug-likeness (QED) is 0.629. The van der Waals surface area contributed by atoms with E-state index in [0.29, 0.717) is 59.6 Å². The van der Waals surface area contributed by atoms with Gasteiger partial charge in [-0.15, -0.1) is 11.3 Å². The van der Waals surface area contributed by atoms with E-state index in [0.717, 1.165) is 12.0 Å². The molecule has 9 heteroatoms. The monoisotopic (exact) mass is 446 g/mol. The second kappa shape index (κ2) is 8.58. The molecular formula is C21H26N4O3S2. The Labute approximate surface area is 180 Å². The topological polar surface area (TPSA) is 86.4 Å². The summed E-state index contributed by atoms with van der Waals surface area (Å²) in [4.78, 5) is 22.0. The highest BCUT2D eigenvalue weighted by atomic mass is 32.2. The van der Waals surface area contributed by atoms with Gasteiger partial charge >= 0.3 is 0 Å². The van der Waals surface area contributed by atoms with Crippen molar-refractivity contribution in [1.29, 1.82) is 0 Å². The number of fused-ring (bicyclic) bond motifs is 1. The number of sulfonamides is 1. The Kier molecular flexibility index (Phi) is 6.06. The predicted molar refractivity (Wildman–Crippen MR) is 119 cm³/mol. The van der Waals surface area contributed by atoms with Gasteiger partial charge in [0.25, 0.3) is 5.56 Å². The smallest absolute Gasteiger partial charge is 0.268 e. The minimum atomic E-state index is -3.50. The van der Waals surface area contributed by atoms with Crippen LogP contribution in [0.3, 0.4) is 0 Å². The van der Waals surface area contributed by atoms with Gasteiger partial charge in [-0.05, 0) is 41.5 Å². The number of aromatic nitrogens is 2. The molecule has 1 fully saturated rings. The molecule has 1 aliphatic heterocycles. The van der Waals surface area contributed by atoms with E-state index in [1.807, 2.05) is 23.6 Å². The average Bonchev–Trinajstić information content (AvgIpc) is 3.23. The van der Waals surface area contributed by atoms with E-state index in [4.69, 9.17) is 0 Å². The van der Waals surface area contributed by atoms with Crippen LogP contribution in [0.25, 0.3) is 10.2 Å². The fourth-order valence-corrected chi connectivity index (χ4v) is 5.84. The second-order valence-corrected chi connectivity index (χ2v) is 10.6. The van der Waals surface area contributed by atoms with Crippen LogP contribution < -0.4 is 5.56 Å². The van der Waals surface area contributed by atoms with Crippen molar-refractivity contribution >= 4 is 31.6 Å². The van der Waals surface area contributed by atoms with Gasteiger partial charge in [0, 0.05) is 26.2 Å². The van der Waals surface area contributed by atoms with Crippen LogP contribution in [0.4, 0.5) is 0 Å². The SMILES string of the molecule is CCC(C)c1ccc(S(=O)(=O)N2CCN(Cc3nc4ccsc4c(=O)[nH]3)CC2)cc1.